The highest BCUT2D eigenvalue weighted by atomic mass is 35.5. The Morgan fingerprint density at radius 1 is 1.11 bits per heavy atom. The molecule has 8 rings (SSSR count). The number of nitrogens with zero attached hydrogens (tertiary/aromatic N) is 5. The van der Waals surface area contributed by atoms with Gasteiger partial charge in [-0.25, -0.2) is 9.98 Å². The molecule has 9 nitrogen and oxygen atoms in total. The van der Waals surface area contributed by atoms with Crippen LogP contribution in [0, 0.1) is 29.1 Å². The lowest BCUT2D eigenvalue weighted by Crippen LogP contribution is -2.58. The number of fused-ring (bicyclic) bond motifs is 3. The molecule has 3 saturated carbocycles. The summed E-state index contributed by atoms with van der Waals surface area (Å²) in [6, 6.07) is 11.4. The van der Waals surface area contributed by atoms with Crippen molar-refractivity contribution >= 4 is 51.7 Å². The highest BCUT2D eigenvalue weighted by Gasteiger charge is 2.56. The Labute approximate surface area is 286 Å². The van der Waals surface area contributed by atoms with Crippen molar-refractivity contribution in [3.63, 3.8) is 0 Å². The molecule has 0 amide bonds. The Balaban J connectivity index is 1.20. The molecule has 0 spiro atoms. The number of aliphatic hydroxyl groups excluding tert-OH is 2. The number of aliphatic imine (C=N–C) groups is 1. The van der Waals surface area contributed by atoms with E-state index in [1.54, 1.807) is 10.6 Å². The van der Waals surface area contributed by atoms with Crippen molar-refractivity contribution in [2.75, 3.05) is 43.0 Å². The number of β-amino-alcohol motifs (C(OH)–C–C–N with tert-alkyl or cyclic N) is 1. The maximum atomic E-state index is 14.1. The lowest BCUT2D eigenvalue weighted by Gasteiger charge is -2.61. The SMILES string of the molecule is C[C@@H]1C(N=C(Nc2ccc3c(=O)n(CCc4ccc(Cl)cc4Cl)c(N4CCC(CO)CC4)nc3c2)N2CC(O)C2)C[C@@H]2C[C@H]1C2(C)C. The molecule has 47 heavy (non-hydrogen) atoms. The van der Waals surface area contributed by atoms with E-state index in [4.69, 9.17) is 33.2 Å². The molecule has 3 aromatic rings. The van der Waals surface area contributed by atoms with Crippen LogP contribution in [0.3, 0.4) is 0 Å². The van der Waals surface area contributed by atoms with Crippen LogP contribution in [0.25, 0.3) is 10.9 Å². The smallest absolute Gasteiger partial charge is 0.262 e. The Morgan fingerprint density at radius 3 is 2.53 bits per heavy atom. The van der Waals surface area contributed by atoms with Gasteiger partial charge in [0.25, 0.3) is 5.56 Å². The minimum Gasteiger partial charge on any atom is -0.396 e. The van der Waals surface area contributed by atoms with Gasteiger partial charge >= 0.3 is 0 Å². The van der Waals surface area contributed by atoms with Crippen molar-refractivity contribution in [3.05, 3.63) is 62.4 Å². The summed E-state index contributed by atoms with van der Waals surface area (Å²) in [6.07, 6.45) is 4.27. The number of anilines is 2. The maximum Gasteiger partial charge on any atom is 0.262 e. The molecule has 5 fully saturated rings. The van der Waals surface area contributed by atoms with E-state index in [-0.39, 0.29) is 30.2 Å². The van der Waals surface area contributed by atoms with Crippen LogP contribution in [0.2, 0.25) is 10.0 Å². The number of benzene rings is 2. The van der Waals surface area contributed by atoms with Gasteiger partial charge in [-0.15, -0.1) is 0 Å². The fourth-order valence-corrected chi connectivity index (χ4v) is 8.91. The van der Waals surface area contributed by atoms with Crippen molar-refractivity contribution in [1.29, 1.82) is 0 Å². The number of aromatic nitrogens is 2. The molecule has 2 saturated heterocycles. The van der Waals surface area contributed by atoms with E-state index in [2.05, 4.69) is 35.9 Å². The summed E-state index contributed by atoms with van der Waals surface area (Å²) < 4.78 is 1.77. The number of hydrogen-bond donors (Lipinski definition) is 3. The Kier molecular flexibility index (Phi) is 8.96. The number of nitrogens with one attached hydrogen (secondary N) is 1. The Morgan fingerprint density at radius 2 is 1.87 bits per heavy atom. The minimum atomic E-state index is -0.352. The van der Waals surface area contributed by atoms with Gasteiger partial charge in [-0.3, -0.25) is 9.36 Å². The standard InChI is InChI=1S/C36H46Cl2N6O3/c1-21-29-14-24(36(29,2)3)15-31(21)40-34(43-18-27(46)19-43)39-26-6-7-28-32(17-26)41-35(42-11-8-22(20-45)9-12-42)44(33(28)47)13-10-23-4-5-25(37)16-30(23)38/h4-7,16-17,21-22,24,27,29,31,45-46H,8-15,18-20H2,1-3H3,(H,39,40)/t21-,24-,29+,31?/m0/s1. The third-order valence-electron chi connectivity index (χ3n) is 11.7. The lowest BCUT2D eigenvalue weighted by atomic mass is 9.45. The zero-order chi connectivity index (χ0) is 33.0. The van der Waals surface area contributed by atoms with Crippen LogP contribution in [-0.4, -0.2) is 75.6 Å². The molecule has 0 radical (unpaired) electrons. The number of rotatable bonds is 7. The second-order valence-corrected chi connectivity index (χ2v) is 15.7. The number of aliphatic hydroxyl groups is 2. The van der Waals surface area contributed by atoms with Crippen LogP contribution >= 0.6 is 23.2 Å². The van der Waals surface area contributed by atoms with Gasteiger partial charge in [0.2, 0.25) is 5.95 Å². The van der Waals surface area contributed by atoms with Gasteiger partial charge in [-0.2, -0.15) is 0 Å². The van der Waals surface area contributed by atoms with Gasteiger partial charge in [0, 0.05) is 55.1 Å². The van der Waals surface area contributed by atoms with Crippen LogP contribution in [-0.2, 0) is 13.0 Å². The first-order valence-corrected chi connectivity index (χ1v) is 17.9. The van der Waals surface area contributed by atoms with Crippen molar-refractivity contribution < 1.29 is 10.2 Å². The van der Waals surface area contributed by atoms with Crippen molar-refractivity contribution in [3.8, 4) is 0 Å². The van der Waals surface area contributed by atoms with E-state index in [0.29, 0.717) is 76.1 Å². The molecule has 11 heteroatoms. The van der Waals surface area contributed by atoms with Crippen LogP contribution in [0.15, 0.2) is 46.2 Å². The summed E-state index contributed by atoms with van der Waals surface area (Å²) in [7, 11) is 0. The first kappa shape index (κ1) is 32.7. The zero-order valence-corrected chi connectivity index (χ0v) is 29.0. The molecule has 252 valence electrons. The van der Waals surface area contributed by atoms with E-state index in [9.17, 15) is 15.0 Å². The molecule has 2 aromatic carbocycles. The van der Waals surface area contributed by atoms with Gasteiger partial charge in [0.05, 0.1) is 23.0 Å². The topological polar surface area (TPSA) is 106 Å². The molecular weight excluding hydrogens is 635 g/mol. The summed E-state index contributed by atoms with van der Waals surface area (Å²) in [5.74, 6) is 3.56. The normalized spacial score (nSPS) is 26.3. The Bertz CT molecular complexity index is 1730. The summed E-state index contributed by atoms with van der Waals surface area (Å²) >= 11 is 12.6. The highest BCUT2D eigenvalue weighted by molar-refractivity contribution is 6.35. The molecule has 3 heterocycles. The number of guanidine groups is 1. The van der Waals surface area contributed by atoms with Gasteiger partial charge < -0.3 is 25.3 Å². The molecule has 5 aliphatic rings. The Hall–Kier alpha value is -2.85. The van der Waals surface area contributed by atoms with E-state index < -0.39 is 0 Å². The van der Waals surface area contributed by atoms with Gasteiger partial charge in [0.1, 0.15) is 0 Å². The van der Waals surface area contributed by atoms with E-state index in [0.717, 1.165) is 49.6 Å². The van der Waals surface area contributed by atoms with Crippen LogP contribution in [0.5, 0.6) is 0 Å². The van der Waals surface area contributed by atoms with Gasteiger partial charge in [-0.05, 0) is 97.1 Å². The van der Waals surface area contributed by atoms with E-state index in [1.807, 2.05) is 30.3 Å². The molecule has 2 aliphatic heterocycles. The molecule has 3 aliphatic carbocycles. The van der Waals surface area contributed by atoms with Crippen molar-refractivity contribution in [1.82, 2.24) is 14.5 Å². The second kappa shape index (κ2) is 12.9. The molecule has 2 bridgehead atoms. The molecule has 1 aromatic heterocycles. The predicted octanol–water partition coefficient (Wildman–Crippen LogP) is 5.67. The molecule has 4 atom stereocenters. The van der Waals surface area contributed by atoms with Gasteiger partial charge in [-0.1, -0.05) is 50.0 Å². The molecule has 3 N–H and O–H groups in total. The number of aryl methyl sites for hydroxylation is 1. The van der Waals surface area contributed by atoms with Crippen molar-refractivity contribution in [2.24, 2.45) is 34.1 Å². The summed E-state index contributed by atoms with van der Waals surface area (Å²) in [4.78, 5) is 28.8. The third kappa shape index (κ3) is 6.25. The summed E-state index contributed by atoms with van der Waals surface area (Å²) in [6.45, 7) is 10.3. The largest absolute Gasteiger partial charge is 0.396 e. The van der Waals surface area contributed by atoms with Crippen LogP contribution in [0.4, 0.5) is 11.6 Å². The fourth-order valence-electron chi connectivity index (χ4n) is 8.40. The first-order chi connectivity index (χ1) is 22.5. The quantitative estimate of drug-likeness (QED) is 0.218. The molecular formula is C36H46Cl2N6O3. The summed E-state index contributed by atoms with van der Waals surface area (Å²) in [5.41, 5.74) is 2.65. The van der Waals surface area contributed by atoms with Crippen LogP contribution < -0.4 is 15.8 Å². The minimum absolute atomic E-state index is 0.0939. The number of piperidine rings is 1. The zero-order valence-electron chi connectivity index (χ0n) is 27.5. The van der Waals surface area contributed by atoms with E-state index >= 15 is 0 Å². The number of likely N-dealkylation sites (tertiary alicyclic amines) is 1. The highest BCUT2D eigenvalue weighted by Crippen LogP contribution is 2.61. The monoisotopic (exact) mass is 680 g/mol. The second-order valence-electron chi connectivity index (χ2n) is 14.9. The first-order valence-electron chi connectivity index (χ1n) is 17.1. The number of halogens is 2. The average molecular weight is 682 g/mol. The summed E-state index contributed by atoms with van der Waals surface area (Å²) in [5, 5.41) is 25.1. The number of hydrogen-bond acceptors (Lipinski definition) is 6. The van der Waals surface area contributed by atoms with Crippen molar-refractivity contribution in [2.45, 2.75) is 71.6 Å². The fraction of sp³-hybridized carbons (Fsp3) is 0.583. The third-order valence-corrected chi connectivity index (χ3v) is 12.3. The predicted molar refractivity (Wildman–Crippen MR) is 190 cm³/mol. The molecule has 1 unspecified atom stereocenters. The van der Waals surface area contributed by atoms with Crippen LogP contribution in [0.1, 0.15) is 52.0 Å². The van der Waals surface area contributed by atoms with E-state index in [1.165, 1.54) is 6.42 Å². The average Bonchev–Trinajstić information content (AvgIpc) is 3.03. The lowest BCUT2D eigenvalue weighted by molar-refractivity contribution is -0.108. The maximum absolute atomic E-state index is 14.1. The van der Waals surface area contributed by atoms with Gasteiger partial charge in [0.15, 0.2) is 5.96 Å².